The topological polar surface area (TPSA) is 57.6 Å². The monoisotopic (exact) mass is 275 g/mol. The smallest absolute Gasteiger partial charge is 0.335 e. The van der Waals surface area contributed by atoms with Gasteiger partial charge in [-0.25, -0.2) is 4.79 Å². The number of nitrogens with zero attached hydrogens (tertiary/aromatic N) is 1. The minimum atomic E-state index is -0.974. The summed E-state index contributed by atoms with van der Waals surface area (Å²) < 4.78 is 0. The van der Waals surface area contributed by atoms with Gasteiger partial charge in [-0.05, 0) is 42.0 Å². The summed E-state index contributed by atoms with van der Waals surface area (Å²) in [5.41, 5.74) is 0.974. The lowest BCUT2D eigenvalue weighted by Crippen LogP contribution is -2.31. The molecule has 0 spiro atoms. The van der Waals surface area contributed by atoms with Crippen LogP contribution in [0.5, 0.6) is 0 Å². The molecular weight excluding hydrogens is 254 g/mol. The lowest BCUT2D eigenvalue weighted by atomic mass is 9.80. The number of aromatic carboxylic acids is 1. The van der Waals surface area contributed by atoms with E-state index in [2.05, 4.69) is 20.8 Å². The van der Waals surface area contributed by atoms with E-state index in [4.69, 9.17) is 5.11 Å². The van der Waals surface area contributed by atoms with Gasteiger partial charge < -0.3 is 10.0 Å². The maximum atomic E-state index is 12.4. The van der Waals surface area contributed by atoms with Crippen molar-refractivity contribution in [3.63, 3.8) is 0 Å². The summed E-state index contributed by atoms with van der Waals surface area (Å²) in [4.78, 5) is 25.0. The van der Waals surface area contributed by atoms with Gasteiger partial charge in [0.1, 0.15) is 0 Å². The summed E-state index contributed by atoms with van der Waals surface area (Å²) >= 11 is 0. The van der Waals surface area contributed by atoms with Gasteiger partial charge in [0.25, 0.3) is 5.91 Å². The Bertz CT molecular complexity index is 514. The fourth-order valence-corrected chi connectivity index (χ4v) is 2.59. The molecule has 1 aromatic rings. The van der Waals surface area contributed by atoms with E-state index in [9.17, 15) is 9.59 Å². The van der Waals surface area contributed by atoms with Crippen LogP contribution in [0, 0.1) is 11.3 Å². The molecule has 1 fully saturated rings. The van der Waals surface area contributed by atoms with Gasteiger partial charge in [0.15, 0.2) is 0 Å². The van der Waals surface area contributed by atoms with Gasteiger partial charge in [0.05, 0.1) is 5.56 Å². The van der Waals surface area contributed by atoms with Crippen LogP contribution in [0.2, 0.25) is 0 Å². The van der Waals surface area contributed by atoms with Crippen molar-refractivity contribution in [1.82, 2.24) is 4.90 Å². The lowest BCUT2D eigenvalue weighted by molar-refractivity contribution is 0.0694. The van der Waals surface area contributed by atoms with E-state index in [1.54, 1.807) is 12.1 Å². The van der Waals surface area contributed by atoms with Crippen LogP contribution in [0.15, 0.2) is 24.3 Å². The van der Waals surface area contributed by atoms with Crippen LogP contribution < -0.4 is 0 Å². The summed E-state index contributed by atoms with van der Waals surface area (Å²) in [6.45, 7) is 8.17. The predicted molar refractivity (Wildman–Crippen MR) is 76.9 cm³/mol. The van der Waals surface area contributed by atoms with Gasteiger partial charge in [-0.3, -0.25) is 4.79 Å². The second kappa shape index (κ2) is 5.27. The molecule has 1 aliphatic rings. The molecule has 1 aliphatic heterocycles. The van der Waals surface area contributed by atoms with Crippen LogP contribution in [0.1, 0.15) is 47.9 Å². The Balaban J connectivity index is 2.07. The molecule has 0 radical (unpaired) electrons. The Labute approximate surface area is 119 Å². The van der Waals surface area contributed by atoms with Crippen molar-refractivity contribution in [2.45, 2.75) is 27.2 Å². The Kier molecular flexibility index (Phi) is 3.84. The fourth-order valence-electron chi connectivity index (χ4n) is 2.59. The standard InChI is InChI=1S/C16H21NO3/c1-16(2,3)13-8-9-17(10-13)14(18)11-4-6-12(7-5-11)15(19)20/h4-7,13H,8-10H2,1-3H3,(H,19,20). The number of carbonyl (C=O) groups excluding carboxylic acids is 1. The van der Waals surface area contributed by atoms with E-state index >= 15 is 0 Å². The molecule has 1 N–H and O–H groups in total. The first kappa shape index (κ1) is 14.6. The van der Waals surface area contributed by atoms with Gasteiger partial charge in [-0.15, -0.1) is 0 Å². The number of carboxylic acids is 1. The average molecular weight is 275 g/mol. The maximum Gasteiger partial charge on any atom is 0.335 e. The molecule has 0 saturated carbocycles. The van der Waals surface area contributed by atoms with Crippen LogP contribution in [-0.2, 0) is 0 Å². The summed E-state index contributed by atoms with van der Waals surface area (Å²) in [7, 11) is 0. The van der Waals surface area contributed by atoms with Crippen LogP contribution in [0.4, 0.5) is 0 Å². The third-order valence-electron chi connectivity index (χ3n) is 4.08. The molecular formula is C16H21NO3. The average Bonchev–Trinajstić information content (AvgIpc) is 2.87. The zero-order valence-electron chi connectivity index (χ0n) is 12.2. The molecule has 4 nitrogen and oxygen atoms in total. The van der Waals surface area contributed by atoms with Crippen molar-refractivity contribution in [2.24, 2.45) is 11.3 Å². The van der Waals surface area contributed by atoms with Gasteiger partial charge in [0, 0.05) is 18.7 Å². The zero-order valence-corrected chi connectivity index (χ0v) is 12.2. The van der Waals surface area contributed by atoms with E-state index in [-0.39, 0.29) is 16.9 Å². The van der Waals surface area contributed by atoms with Gasteiger partial charge in [-0.1, -0.05) is 20.8 Å². The highest BCUT2D eigenvalue weighted by atomic mass is 16.4. The third-order valence-corrected chi connectivity index (χ3v) is 4.08. The second-order valence-electron chi connectivity index (χ2n) is 6.49. The first-order valence-corrected chi connectivity index (χ1v) is 6.91. The normalized spacial score (nSPS) is 19.1. The van der Waals surface area contributed by atoms with Crippen LogP contribution in [0.3, 0.4) is 0 Å². The Hall–Kier alpha value is -1.84. The van der Waals surface area contributed by atoms with Crippen molar-refractivity contribution in [3.05, 3.63) is 35.4 Å². The van der Waals surface area contributed by atoms with Crippen LogP contribution >= 0.6 is 0 Å². The van der Waals surface area contributed by atoms with E-state index in [1.165, 1.54) is 12.1 Å². The van der Waals surface area contributed by atoms with E-state index in [1.807, 2.05) is 4.90 Å². The van der Waals surface area contributed by atoms with E-state index in [0.29, 0.717) is 11.5 Å². The quantitative estimate of drug-likeness (QED) is 0.903. The SMILES string of the molecule is CC(C)(C)C1CCN(C(=O)c2ccc(C(=O)O)cc2)C1. The maximum absolute atomic E-state index is 12.4. The third kappa shape index (κ3) is 3.00. The van der Waals surface area contributed by atoms with Crippen molar-refractivity contribution in [3.8, 4) is 0 Å². The number of hydrogen-bond acceptors (Lipinski definition) is 2. The molecule has 0 aliphatic carbocycles. The number of carboxylic acid groups (broad SMARTS) is 1. The highest BCUT2D eigenvalue weighted by Gasteiger charge is 2.34. The van der Waals surface area contributed by atoms with Gasteiger partial charge in [-0.2, -0.15) is 0 Å². The number of likely N-dealkylation sites (tertiary alicyclic amines) is 1. The molecule has 108 valence electrons. The van der Waals surface area contributed by atoms with E-state index < -0.39 is 5.97 Å². The second-order valence-corrected chi connectivity index (χ2v) is 6.49. The zero-order chi connectivity index (χ0) is 14.9. The van der Waals surface area contributed by atoms with Crippen molar-refractivity contribution < 1.29 is 14.7 Å². The largest absolute Gasteiger partial charge is 0.478 e. The minimum Gasteiger partial charge on any atom is -0.478 e. The van der Waals surface area contributed by atoms with Crippen molar-refractivity contribution in [1.29, 1.82) is 0 Å². The molecule has 0 bridgehead atoms. The molecule has 1 unspecified atom stereocenters. The molecule has 2 rings (SSSR count). The summed E-state index contributed by atoms with van der Waals surface area (Å²) in [5.74, 6) is -0.462. The van der Waals surface area contributed by atoms with Crippen molar-refractivity contribution >= 4 is 11.9 Å². The molecule has 1 atom stereocenters. The number of amides is 1. The predicted octanol–water partition coefficient (Wildman–Crippen LogP) is 2.89. The van der Waals surface area contributed by atoms with Crippen LogP contribution in [-0.4, -0.2) is 35.0 Å². The molecule has 20 heavy (non-hydrogen) atoms. The van der Waals surface area contributed by atoms with E-state index in [0.717, 1.165) is 19.5 Å². The Morgan fingerprint density at radius 2 is 1.70 bits per heavy atom. The minimum absolute atomic E-state index is 0.00584. The number of carbonyl (C=O) groups is 2. The Morgan fingerprint density at radius 1 is 1.15 bits per heavy atom. The summed E-state index contributed by atoms with van der Waals surface area (Å²) in [6, 6.07) is 6.15. The first-order valence-electron chi connectivity index (χ1n) is 6.91. The lowest BCUT2D eigenvalue weighted by Gasteiger charge is -2.27. The van der Waals surface area contributed by atoms with Gasteiger partial charge >= 0.3 is 5.97 Å². The molecule has 0 aromatic heterocycles. The number of hydrogen-bond donors (Lipinski definition) is 1. The highest BCUT2D eigenvalue weighted by Crippen LogP contribution is 2.34. The van der Waals surface area contributed by atoms with Crippen LogP contribution in [0.25, 0.3) is 0 Å². The molecule has 1 aromatic carbocycles. The van der Waals surface area contributed by atoms with Crippen molar-refractivity contribution in [2.75, 3.05) is 13.1 Å². The highest BCUT2D eigenvalue weighted by molar-refractivity contribution is 5.96. The number of benzene rings is 1. The number of rotatable bonds is 2. The fraction of sp³-hybridized carbons (Fsp3) is 0.500. The first-order chi connectivity index (χ1) is 9.29. The molecule has 1 heterocycles. The van der Waals surface area contributed by atoms with Gasteiger partial charge in [0.2, 0.25) is 0 Å². The summed E-state index contributed by atoms with van der Waals surface area (Å²) in [5, 5.41) is 8.85. The Morgan fingerprint density at radius 3 is 2.15 bits per heavy atom. The summed E-state index contributed by atoms with van der Waals surface area (Å²) in [6.07, 6.45) is 1.03. The molecule has 1 saturated heterocycles. The molecule has 4 heteroatoms. The molecule has 1 amide bonds.